The number of hydrogen-bond acceptors (Lipinski definition) is 2. The number of allylic oxidation sites excluding steroid dienone is 1. The van der Waals surface area contributed by atoms with Crippen molar-refractivity contribution < 1.29 is 9.90 Å². The number of carboxylic acids is 1. The molecule has 0 aromatic rings. The van der Waals surface area contributed by atoms with E-state index in [0.717, 1.165) is 6.42 Å². The predicted molar refractivity (Wildman–Crippen MR) is 48.6 cm³/mol. The summed E-state index contributed by atoms with van der Waals surface area (Å²) in [5.41, 5.74) is 6.50. The summed E-state index contributed by atoms with van der Waals surface area (Å²) in [6.45, 7) is 5.66. The van der Waals surface area contributed by atoms with Crippen molar-refractivity contribution in [2.75, 3.05) is 0 Å². The Morgan fingerprint density at radius 2 is 2.00 bits per heavy atom. The molecule has 0 saturated heterocycles. The SMILES string of the molecule is CCCC(N)=C(C(=O)O)C(C)C. The van der Waals surface area contributed by atoms with Crippen LogP contribution in [0.25, 0.3) is 0 Å². The predicted octanol–water partition coefficient (Wildman–Crippen LogP) is 1.74. The normalized spacial score (nSPS) is 13.0. The second kappa shape index (κ2) is 4.80. The van der Waals surface area contributed by atoms with Crippen molar-refractivity contribution in [2.24, 2.45) is 11.7 Å². The van der Waals surface area contributed by atoms with E-state index in [2.05, 4.69) is 0 Å². The first-order chi connectivity index (χ1) is 5.50. The van der Waals surface area contributed by atoms with Crippen LogP contribution >= 0.6 is 0 Å². The molecule has 0 aliphatic heterocycles. The molecule has 0 aromatic carbocycles. The summed E-state index contributed by atoms with van der Waals surface area (Å²) < 4.78 is 0. The van der Waals surface area contributed by atoms with Crippen molar-refractivity contribution in [3.05, 3.63) is 11.3 Å². The van der Waals surface area contributed by atoms with Crippen LogP contribution in [-0.2, 0) is 4.79 Å². The fraction of sp³-hybridized carbons (Fsp3) is 0.667. The van der Waals surface area contributed by atoms with Crippen LogP contribution in [0.15, 0.2) is 11.3 Å². The summed E-state index contributed by atoms with van der Waals surface area (Å²) in [4.78, 5) is 10.7. The van der Waals surface area contributed by atoms with E-state index < -0.39 is 5.97 Å². The third kappa shape index (κ3) is 2.95. The highest BCUT2D eigenvalue weighted by Crippen LogP contribution is 2.15. The van der Waals surface area contributed by atoms with Crippen LogP contribution < -0.4 is 5.73 Å². The minimum Gasteiger partial charge on any atom is -0.478 e. The molecule has 3 heteroatoms. The number of rotatable bonds is 4. The molecule has 12 heavy (non-hydrogen) atoms. The van der Waals surface area contributed by atoms with Crippen molar-refractivity contribution in [2.45, 2.75) is 33.6 Å². The van der Waals surface area contributed by atoms with Crippen molar-refractivity contribution in [1.29, 1.82) is 0 Å². The summed E-state index contributed by atoms with van der Waals surface area (Å²) in [7, 11) is 0. The van der Waals surface area contributed by atoms with Gasteiger partial charge in [-0.1, -0.05) is 27.2 Å². The molecule has 0 unspecified atom stereocenters. The highest BCUT2D eigenvalue weighted by Gasteiger charge is 2.15. The lowest BCUT2D eigenvalue weighted by atomic mass is 9.99. The standard InChI is InChI=1S/C9H17NO2/c1-4-5-7(10)8(6(2)3)9(11)12/h6H,4-5,10H2,1-3H3,(H,11,12). The Balaban J connectivity index is 4.68. The van der Waals surface area contributed by atoms with Gasteiger partial charge in [-0.3, -0.25) is 0 Å². The molecule has 0 atom stereocenters. The Morgan fingerprint density at radius 3 is 2.25 bits per heavy atom. The first-order valence-corrected chi connectivity index (χ1v) is 4.22. The van der Waals surface area contributed by atoms with E-state index in [1.165, 1.54) is 0 Å². The van der Waals surface area contributed by atoms with Gasteiger partial charge in [-0.2, -0.15) is 0 Å². The minimum absolute atomic E-state index is 0.00551. The fourth-order valence-electron chi connectivity index (χ4n) is 1.16. The maximum atomic E-state index is 10.7. The average molecular weight is 171 g/mol. The third-order valence-corrected chi connectivity index (χ3v) is 1.67. The van der Waals surface area contributed by atoms with Crippen molar-refractivity contribution >= 4 is 5.97 Å². The van der Waals surface area contributed by atoms with Gasteiger partial charge in [-0.15, -0.1) is 0 Å². The molecule has 3 N–H and O–H groups in total. The maximum Gasteiger partial charge on any atom is 0.333 e. The van der Waals surface area contributed by atoms with Gasteiger partial charge in [-0.05, 0) is 12.3 Å². The average Bonchev–Trinajstić information content (AvgIpc) is 1.85. The Kier molecular flexibility index (Phi) is 4.40. The summed E-state index contributed by atoms with van der Waals surface area (Å²) >= 11 is 0. The fourth-order valence-corrected chi connectivity index (χ4v) is 1.16. The highest BCUT2D eigenvalue weighted by molar-refractivity contribution is 5.87. The molecular weight excluding hydrogens is 154 g/mol. The largest absolute Gasteiger partial charge is 0.478 e. The quantitative estimate of drug-likeness (QED) is 0.633. The second-order valence-corrected chi connectivity index (χ2v) is 3.15. The summed E-state index contributed by atoms with van der Waals surface area (Å²) in [5, 5.41) is 8.80. The van der Waals surface area contributed by atoms with E-state index in [-0.39, 0.29) is 5.92 Å². The van der Waals surface area contributed by atoms with Gasteiger partial charge < -0.3 is 10.8 Å². The zero-order valence-corrected chi connectivity index (χ0v) is 7.92. The van der Waals surface area contributed by atoms with Gasteiger partial charge in [0.25, 0.3) is 0 Å². The van der Waals surface area contributed by atoms with Gasteiger partial charge in [0, 0.05) is 5.70 Å². The lowest BCUT2D eigenvalue weighted by Crippen LogP contribution is -2.15. The van der Waals surface area contributed by atoms with E-state index in [9.17, 15) is 4.79 Å². The second-order valence-electron chi connectivity index (χ2n) is 3.15. The maximum absolute atomic E-state index is 10.7. The molecule has 0 saturated carbocycles. The number of carboxylic acid groups (broad SMARTS) is 1. The van der Waals surface area contributed by atoms with Crippen LogP contribution in [-0.4, -0.2) is 11.1 Å². The number of aliphatic carboxylic acids is 1. The van der Waals surface area contributed by atoms with Crippen LogP contribution in [0.5, 0.6) is 0 Å². The topological polar surface area (TPSA) is 63.3 Å². The van der Waals surface area contributed by atoms with Crippen molar-refractivity contribution in [1.82, 2.24) is 0 Å². The molecule has 70 valence electrons. The Bertz CT molecular complexity index is 195. The summed E-state index contributed by atoms with van der Waals surface area (Å²) in [5.74, 6) is -0.898. The van der Waals surface area contributed by atoms with Crippen LogP contribution in [0.1, 0.15) is 33.6 Å². The molecule has 0 spiro atoms. The lowest BCUT2D eigenvalue weighted by Gasteiger charge is -2.10. The molecule has 0 fully saturated rings. The van der Waals surface area contributed by atoms with Crippen LogP contribution in [0.3, 0.4) is 0 Å². The van der Waals surface area contributed by atoms with E-state index in [1.807, 2.05) is 20.8 Å². The lowest BCUT2D eigenvalue weighted by molar-refractivity contribution is -0.133. The first-order valence-electron chi connectivity index (χ1n) is 4.22. The Morgan fingerprint density at radius 1 is 1.50 bits per heavy atom. The van der Waals surface area contributed by atoms with E-state index >= 15 is 0 Å². The van der Waals surface area contributed by atoms with Crippen molar-refractivity contribution in [3.63, 3.8) is 0 Å². The van der Waals surface area contributed by atoms with E-state index in [4.69, 9.17) is 10.8 Å². The van der Waals surface area contributed by atoms with E-state index in [0.29, 0.717) is 17.7 Å². The summed E-state index contributed by atoms with van der Waals surface area (Å²) in [6.07, 6.45) is 1.55. The van der Waals surface area contributed by atoms with Gasteiger partial charge >= 0.3 is 5.97 Å². The molecule has 0 aliphatic carbocycles. The molecule has 0 aliphatic rings. The zero-order valence-electron chi connectivity index (χ0n) is 7.92. The molecule has 0 bridgehead atoms. The van der Waals surface area contributed by atoms with Gasteiger partial charge in [0.1, 0.15) is 0 Å². The Labute approximate surface area is 73.3 Å². The van der Waals surface area contributed by atoms with E-state index in [1.54, 1.807) is 0 Å². The third-order valence-electron chi connectivity index (χ3n) is 1.67. The number of nitrogens with two attached hydrogens (primary N) is 1. The molecule has 0 aromatic heterocycles. The molecule has 3 nitrogen and oxygen atoms in total. The van der Waals surface area contributed by atoms with Gasteiger partial charge in [0.2, 0.25) is 0 Å². The zero-order chi connectivity index (χ0) is 9.72. The molecule has 0 rings (SSSR count). The number of hydrogen-bond donors (Lipinski definition) is 2. The summed E-state index contributed by atoms with van der Waals surface area (Å²) in [6, 6.07) is 0. The van der Waals surface area contributed by atoms with Crippen LogP contribution in [0.4, 0.5) is 0 Å². The Hall–Kier alpha value is -0.990. The van der Waals surface area contributed by atoms with Gasteiger partial charge in [-0.25, -0.2) is 4.79 Å². The number of carbonyl (C=O) groups is 1. The highest BCUT2D eigenvalue weighted by atomic mass is 16.4. The molecular formula is C9H17NO2. The smallest absolute Gasteiger partial charge is 0.333 e. The van der Waals surface area contributed by atoms with Gasteiger partial charge in [0.15, 0.2) is 0 Å². The molecule has 0 amide bonds. The first kappa shape index (κ1) is 11.0. The van der Waals surface area contributed by atoms with Crippen LogP contribution in [0.2, 0.25) is 0 Å². The van der Waals surface area contributed by atoms with Crippen LogP contribution in [0, 0.1) is 5.92 Å². The molecule has 0 heterocycles. The molecule has 0 radical (unpaired) electrons. The minimum atomic E-state index is -0.893. The monoisotopic (exact) mass is 171 g/mol. The van der Waals surface area contributed by atoms with Gasteiger partial charge in [0.05, 0.1) is 5.57 Å². The van der Waals surface area contributed by atoms with Crippen molar-refractivity contribution in [3.8, 4) is 0 Å².